The van der Waals surface area contributed by atoms with Crippen LogP contribution in [0.25, 0.3) is 22.2 Å². The minimum absolute atomic E-state index is 0.0384. The third kappa shape index (κ3) is 5.01. The number of rotatable bonds is 8. The number of benzene rings is 2. The molecule has 1 amide bonds. The molecule has 41 heavy (non-hydrogen) atoms. The third-order valence-corrected chi connectivity index (χ3v) is 9.37. The fourth-order valence-electron chi connectivity index (χ4n) is 6.18. The maximum atomic E-state index is 13.3. The van der Waals surface area contributed by atoms with E-state index in [1.807, 2.05) is 61.2 Å². The van der Waals surface area contributed by atoms with E-state index in [4.69, 9.17) is 14.2 Å². The Morgan fingerprint density at radius 2 is 1.88 bits per heavy atom. The zero-order valence-electron chi connectivity index (χ0n) is 23.8. The summed E-state index contributed by atoms with van der Waals surface area (Å²) in [6.45, 7) is 7.32. The number of anilines is 1. The molecule has 0 saturated carbocycles. The lowest BCUT2D eigenvalue weighted by Crippen LogP contribution is -2.31. The fourth-order valence-corrected chi connectivity index (χ4v) is 7.06. The lowest BCUT2D eigenvalue weighted by atomic mass is 10.0. The molecule has 2 aromatic heterocycles. The second-order valence-corrected chi connectivity index (χ2v) is 12.9. The Bertz CT molecular complexity index is 1690. The smallest absolute Gasteiger partial charge is 0.227 e. The molecule has 0 aliphatic carbocycles. The van der Waals surface area contributed by atoms with E-state index in [0.717, 1.165) is 57.3 Å². The molecule has 2 fully saturated rings. The molecule has 2 saturated heterocycles. The molecule has 0 bridgehead atoms. The SMILES string of the molecule is CCCOc1ccc(N2C(=O)CCC2c2nc3cc(-c4c(C)noc4C)ccc3n2[C@@H]2CCN(S(C)(=O)=O)C2)cc1. The highest BCUT2D eigenvalue weighted by molar-refractivity contribution is 7.88. The molecule has 4 aromatic rings. The van der Waals surface area contributed by atoms with E-state index in [0.29, 0.717) is 39.0 Å². The van der Waals surface area contributed by atoms with Crippen LogP contribution in [0, 0.1) is 13.8 Å². The van der Waals surface area contributed by atoms with Crippen molar-refractivity contribution < 1.29 is 22.5 Å². The van der Waals surface area contributed by atoms with E-state index in [2.05, 4.69) is 16.6 Å². The van der Waals surface area contributed by atoms with Crippen LogP contribution in [0.15, 0.2) is 47.0 Å². The number of aryl methyl sites for hydroxylation is 2. The van der Waals surface area contributed by atoms with Gasteiger partial charge in [-0.25, -0.2) is 17.7 Å². The highest BCUT2D eigenvalue weighted by Gasteiger charge is 2.39. The zero-order chi connectivity index (χ0) is 28.9. The standard InChI is InChI=1S/C30H35N5O5S/c1-5-16-39-24-9-7-22(8-10-24)34-27(12-13-28(34)36)30-31-25-17-21(29-19(2)32-40-20(29)3)6-11-26(25)35(30)23-14-15-33(18-23)41(4,37)38/h6-11,17,23,27H,5,12-16,18H2,1-4H3/t23-,27?/m1/s1. The van der Waals surface area contributed by atoms with Crippen molar-refractivity contribution in [2.45, 2.75) is 58.5 Å². The van der Waals surface area contributed by atoms with E-state index < -0.39 is 10.0 Å². The quantitative estimate of drug-likeness (QED) is 0.284. The van der Waals surface area contributed by atoms with Crippen molar-refractivity contribution in [3.05, 3.63) is 59.7 Å². The van der Waals surface area contributed by atoms with Crippen molar-refractivity contribution in [3.8, 4) is 16.9 Å². The van der Waals surface area contributed by atoms with Gasteiger partial charge in [0.1, 0.15) is 17.3 Å². The largest absolute Gasteiger partial charge is 0.494 e. The Balaban J connectivity index is 1.45. The number of sulfonamides is 1. The zero-order valence-corrected chi connectivity index (χ0v) is 24.6. The fraction of sp³-hybridized carbons (Fsp3) is 0.433. The molecule has 1 unspecified atom stereocenters. The van der Waals surface area contributed by atoms with Gasteiger partial charge in [-0.3, -0.25) is 4.79 Å². The van der Waals surface area contributed by atoms with Gasteiger partial charge in [0.05, 0.1) is 41.7 Å². The molecule has 2 aliphatic heterocycles. The van der Waals surface area contributed by atoms with E-state index >= 15 is 0 Å². The van der Waals surface area contributed by atoms with Crippen molar-refractivity contribution in [2.75, 3.05) is 30.9 Å². The summed E-state index contributed by atoms with van der Waals surface area (Å²) in [5, 5.41) is 4.11. The number of hydrogen-bond donors (Lipinski definition) is 0. The summed E-state index contributed by atoms with van der Waals surface area (Å²) in [7, 11) is -3.33. The molecular formula is C30H35N5O5S. The van der Waals surface area contributed by atoms with E-state index in [9.17, 15) is 13.2 Å². The van der Waals surface area contributed by atoms with Crippen molar-refractivity contribution in [1.29, 1.82) is 0 Å². The predicted octanol–water partition coefficient (Wildman–Crippen LogP) is 5.17. The summed E-state index contributed by atoms with van der Waals surface area (Å²) in [6, 6.07) is 13.4. The second kappa shape index (κ2) is 10.6. The average Bonchev–Trinajstić information content (AvgIpc) is 3.72. The van der Waals surface area contributed by atoms with Gasteiger partial charge in [-0.05, 0) is 75.1 Å². The van der Waals surface area contributed by atoms with E-state index in [1.165, 1.54) is 10.6 Å². The van der Waals surface area contributed by atoms with E-state index in [1.54, 1.807) is 0 Å². The van der Waals surface area contributed by atoms with E-state index in [-0.39, 0.29) is 18.0 Å². The van der Waals surface area contributed by atoms with Crippen molar-refractivity contribution in [1.82, 2.24) is 19.0 Å². The molecule has 0 radical (unpaired) electrons. The molecule has 216 valence electrons. The number of nitrogens with zero attached hydrogens (tertiary/aromatic N) is 5. The van der Waals surface area contributed by atoms with Gasteiger partial charge in [0.2, 0.25) is 15.9 Å². The number of hydrogen-bond acceptors (Lipinski definition) is 7. The summed E-state index contributed by atoms with van der Waals surface area (Å²) in [4.78, 5) is 20.3. The number of carbonyl (C=O) groups excluding carboxylic acids is 1. The Hall–Kier alpha value is -3.70. The third-order valence-electron chi connectivity index (χ3n) is 8.10. The number of aromatic nitrogens is 3. The number of fused-ring (bicyclic) bond motifs is 1. The second-order valence-electron chi connectivity index (χ2n) is 11.0. The molecule has 4 heterocycles. The minimum atomic E-state index is -3.33. The van der Waals surface area contributed by atoms with Gasteiger partial charge >= 0.3 is 0 Å². The van der Waals surface area contributed by atoms with Gasteiger partial charge in [-0.15, -0.1) is 0 Å². The first-order valence-electron chi connectivity index (χ1n) is 14.1. The molecule has 0 spiro atoms. The Kier molecular flexibility index (Phi) is 7.11. The van der Waals surface area contributed by atoms with Gasteiger partial charge < -0.3 is 18.7 Å². The van der Waals surface area contributed by atoms with Crippen LogP contribution in [0.5, 0.6) is 5.75 Å². The Labute approximate surface area is 239 Å². The first-order valence-corrected chi connectivity index (χ1v) is 16.0. The molecular weight excluding hydrogens is 542 g/mol. The highest BCUT2D eigenvalue weighted by atomic mass is 32.2. The molecule has 2 atom stereocenters. The summed E-state index contributed by atoms with van der Waals surface area (Å²) >= 11 is 0. The molecule has 2 aromatic carbocycles. The first-order chi connectivity index (χ1) is 19.7. The van der Waals surface area contributed by atoms with Gasteiger partial charge in [0, 0.05) is 30.8 Å². The Morgan fingerprint density at radius 3 is 2.54 bits per heavy atom. The number of amides is 1. The minimum Gasteiger partial charge on any atom is -0.494 e. The summed E-state index contributed by atoms with van der Waals surface area (Å²) in [5.41, 5.74) is 5.20. The van der Waals surface area contributed by atoms with Crippen LogP contribution in [0.2, 0.25) is 0 Å². The predicted molar refractivity (Wildman–Crippen MR) is 156 cm³/mol. The van der Waals surface area contributed by atoms with Gasteiger partial charge in [-0.2, -0.15) is 0 Å². The van der Waals surface area contributed by atoms with Crippen molar-refractivity contribution in [3.63, 3.8) is 0 Å². The van der Waals surface area contributed by atoms with Crippen LogP contribution in [0.4, 0.5) is 5.69 Å². The van der Waals surface area contributed by atoms with Crippen LogP contribution in [-0.2, 0) is 14.8 Å². The number of imidazole rings is 1. The topological polar surface area (TPSA) is 111 Å². The lowest BCUT2D eigenvalue weighted by Gasteiger charge is -2.27. The molecule has 6 rings (SSSR count). The number of ether oxygens (including phenoxy) is 1. The van der Waals surface area contributed by atoms with Gasteiger partial charge in [0.15, 0.2) is 0 Å². The molecule has 10 nitrogen and oxygen atoms in total. The van der Waals surface area contributed by atoms with Crippen LogP contribution < -0.4 is 9.64 Å². The lowest BCUT2D eigenvalue weighted by molar-refractivity contribution is -0.117. The number of carbonyl (C=O) groups is 1. The molecule has 2 aliphatic rings. The van der Waals surface area contributed by atoms with Crippen LogP contribution >= 0.6 is 0 Å². The summed E-state index contributed by atoms with van der Waals surface area (Å²) in [5.74, 6) is 2.31. The maximum absolute atomic E-state index is 13.3. The monoisotopic (exact) mass is 577 g/mol. The summed E-state index contributed by atoms with van der Waals surface area (Å²) in [6.07, 6.45) is 3.87. The highest BCUT2D eigenvalue weighted by Crippen LogP contribution is 2.41. The molecule has 0 N–H and O–H groups in total. The van der Waals surface area contributed by atoms with Crippen LogP contribution in [-0.4, -0.2) is 59.3 Å². The van der Waals surface area contributed by atoms with Crippen LogP contribution in [0.1, 0.15) is 62.0 Å². The van der Waals surface area contributed by atoms with Crippen molar-refractivity contribution >= 4 is 32.7 Å². The average molecular weight is 578 g/mol. The molecule has 11 heteroatoms. The first kappa shape index (κ1) is 27.5. The van der Waals surface area contributed by atoms with Gasteiger partial charge in [-0.1, -0.05) is 18.1 Å². The normalized spacial score (nSPS) is 20.0. The maximum Gasteiger partial charge on any atom is 0.227 e. The Morgan fingerprint density at radius 1 is 1.10 bits per heavy atom. The van der Waals surface area contributed by atoms with Gasteiger partial charge in [0.25, 0.3) is 0 Å². The summed E-state index contributed by atoms with van der Waals surface area (Å²) < 4.78 is 39.6. The van der Waals surface area contributed by atoms with Crippen LogP contribution in [0.3, 0.4) is 0 Å². The van der Waals surface area contributed by atoms with Crippen molar-refractivity contribution in [2.24, 2.45) is 0 Å².